The number of carboxylic acid groups (broad SMARTS) is 1. The van der Waals surface area contributed by atoms with E-state index in [1.54, 1.807) is 4.90 Å². The lowest BCUT2D eigenvalue weighted by Gasteiger charge is -2.35. The van der Waals surface area contributed by atoms with Crippen LogP contribution in [0.1, 0.15) is 33.1 Å². The number of hydrogen-bond acceptors (Lipinski definition) is 3. The molecule has 0 aromatic carbocycles. The molecular formula is C12H20N2O4. The topological polar surface area (TPSA) is 101 Å². The highest BCUT2D eigenvalue weighted by Gasteiger charge is 2.40. The first-order valence-electron chi connectivity index (χ1n) is 6.06. The molecule has 0 aromatic rings. The minimum absolute atomic E-state index is 0.208. The summed E-state index contributed by atoms with van der Waals surface area (Å²) in [5.41, 5.74) is 3.74. The Morgan fingerprint density at radius 3 is 2.17 bits per heavy atom. The Labute approximate surface area is 106 Å². The number of nitrogens with two attached hydrogens (primary N) is 1. The molecule has 1 aliphatic rings. The molecule has 1 fully saturated rings. The monoisotopic (exact) mass is 256 g/mol. The zero-order valence-electron chi connectivity index (χ0n) is 10.8. The minimum Gasteiger partial charge on any atom is -0.480 e. The van der Waals surface area contributed by atoms with E-state index in [0.29, 0.717) is 32.4 Å². The average molecular weight is 256 g/mol. The third-order valence-corrected chi connectivity index (χ3v) is 3.46. The summed E-state index contributed by atoms with van der Waals surface area (Å²) in [4.78, 5) is 35.4. The molecule has 1 aliphatic heterocycles. The van der Waals surface area contributed by atoms with E-state index in [4.69, 9.17) is 10.8 Å². The van der Waals surface area contributed by atoms with E-state index in [9.17, 15) is 14.4 Å². The van der Waals surface area contributed by atoms with Crippen LogP contribution in [0, 0.1) is 11.3 Å². The van der Waals surface area contributed by atoms with Crippen LogP contribution >= 0.6 is 0 Å². The van der Waals surface area contributed by atoms with Crippen LogP contribution in [0.15, 0.2) is 0 Å². The molecule has 0 spiro atoms. The molecule has 6 nitrogen and oxygen atoms in total. The van der Waals surface area contributed by atoms with Gasteiger partial charge in [-0.3, -0.25) is 14.4 Å². The van der Waals surface area contributed by atoms with Gasteiger partial charge in [0.15, 0.2) is 0 Å². The zero-order valence-corrected chi connectivity index (χ0v) is 10.8. The van der Waals surface area contributed by atoms with Crippen molar-refractivity contribution in [2.24, 2.45) is 17.1 Å². The van der Waals surface area contributed by atoms with Gasteiger partial charge in [-0.15, -0.1) is 0 Å². The lowest BCUT2D eigenvalue weighted by Crippen LogP contribution is -2.48. The molecule has 2 amide bonds. The second-order valence-electron chi connectivity index (χ2n) is 5.34. The number of amides is 2. The number of hydrogen-bond donors (Lipinski definition) is 2. The molecule has 1 rings (SSSR count). The standard InChI is InChI=1S/C12H20N2O4/c1-12(2,11(17)18)10(16)14-5-3-8(4-6-14)7-9(13)15/h8H,3-7H2,1-2H3,(H2,13,15)(H,17,18). The van der Waals surface area contributed by atoms with Crippen LogP contribution < -0.4 is 5.73 Å². The van der Waals surface area contributed by atoms with Crippen molar-refractivity contribution in [3.8, 4) is 0 Å². The smallest absolute Gasteiger partial charge is 0.318 e. The van der Waals surface area contributed by atoms with E-state index in [1.165, 1.54) is 13.8 Å². The van der Waals surface area contributed by atoms with Gasteiger partial charge in [0.05, 0.1) is 0 Å². The maximum atomic E-state index is 12.0. The summed E-state index contributed by atoms with van der Waals surface area (Å²) in [7, 11) is 0. The van der Waals surface area contributed by atoms with E-state index in [0.717, 1.165) is 0 Å². The van der Waals surface area contributed by atoms with Gasteiger partial charge in [0, 0.05) is 19.5 Å². The van der Waals surface area contributed by atoms with Crippen molar-refractivity contribution in [3.05, 3.63) is 0 Å². The van der Waals surface area contributed by atoms with Gasteiger partial charge in [-0.2, -0.15) is 0 Å². The summed E-state index contributed by atoms with van der Waals surface area (Å²) in [6, 6.07) is 0. The van der Waals surface area contributed by atoms with E-state index < -0.39 is 11.4 Å². The fourth-order valence-corrected chi connectivity index (χ4v) is 2.11. The van der Waals surface area contributed by atoms with Gasteiger partial charge in [-0.05, 0) is 32.6 Å². The highest BCUT2D eigenvalue weighted by Crippen LogP contribution is 2.25. The van der Waals surface area contributed by atoms with Gasteiger partial charge in [0.1, 0.15) is 5.41 Å². The first kappa shape index (κ1) is 14.5. The number of carbonyl (C=O) groups is 3. The van der Waals surface area contributed by atoms with Crippen LogP contribution in [0.5, 0.6) is 0 Å². The second kappa shape index (κ2) is 5.37. The Balaban J connectivity index is 2.55. The van der Waals surface area contributed by atoms with E-state index in [1.807, 2.05) is 0 Å². The molecule has 0 saturated carbocycles. The first-order chi connectivity index (χ1) is 8.25. The summed E-state index contributed by atoms with van der Waals surface area (Å²) in [6.45, 7) is 3.81. The van der Waals surface area contributed by atoms with Crippen LogP contribution in [0.3, 0.4) is 0 Å². The van der Waals surface area contributed by atoms with Gasteiger partial charge >= 0.3 is 5.97 Å². The van der Waals surface area contributed by atoms with Crippen molar-refractivity contribution in [1.82, 2.24) is 4.90 Å². The predicted octanol–water partition coefficient (Wildman–Crippen LogP) is 0.211. The summed E-state index contributed by atoms with van der Waals surface area (Å²) in [5.74, 6) is -1.61. The SMILES string of the molecule is CC(C)(C(=O)O)C(=O)N1CCC(CC(N)=O)CC1. The Hall–Kier alpha value is -1.59. The number of nitrogens with zero attached hydrogens (tertiary/aromatic N) is 1. The third kappa shape index (κ3) is 3.21. The fraction of sp³-hybridized carbons (Fsp3) is 0.750. The Morgan fingerprint density at radius 2 is 1.78 bits per heavy atom. The highest BCUT2D eigenvalue weighted by molar-refractivity contribution is 6.01. The van der Waals surface area contributed by atoms with Crippen LogP contribution in [0.4, 0.5) is 0 Å². The molecule has 3 N–H and O–H groups in total. The molecule has 0 atom stereocenters. The second-order valence-corrected chi connectivity index (χ2v) is 5.34. The largest absolute Gasteiger partial charge is 0.480 e. The molecular weight excluding hydrogens is 236 g/mol. The Kier molecular flexibility index (Phi) is 4.32. The lowest BCUT2D eigenvalue weighted by atomic mass is 9.88. The van der Waals surface area contributed by atoms with Crippen molar-refractivity contribution < 1.29 is 19.5 Å². The number of primary amides is 1. The molecule has 18 heavy (non-hydrogen) atoms. The van der Waals surface area contributed by atoms with Crippen molar-refractivity contribution >= 4 is 17.8 Å². The quantitative estimate of drug-likeness (QED) is 0.702. The maximum Gasteiger partial charge on any atom is 0.318 e. The summed E-state index contributed by atoms with van der Waals surface area (Å²) in [5, 5.41) is 9.00. The van der Waals surface area contributed by atoms with E-state index >= 15 is 0 Å². The predicted molar refractivity (Wildman–Crippen MR) is 64.5 cm³/mol. The minimum atomic E-state index is -1.39. The molecule has 1 heterocycles. The maximum absolute atomic E-state index is 12.0. The zero-order chi connectivity index (χ0) is 13.9. The van der Waals surface area contributed by atoms with Crippen LogP contribution in [0.2, 0.25) is 0 Å². The molecule has 0 aromatic heterocycles. The molecule has 0 radical (unpaired) electrons. The van der Waals surface area contributed by atoms with Crippen LogP contribution in [-0.4, -0.2) is 40.9 Å². The Bertz CT molecular complexity index is 357. The summed E-state index contributed by atoms with van der Waals surface area (Å²) >= 11 is 0. The fourth-order valence-electron chi connectivity index (χ4n) is 2.11. The summed E-state index contributed by atoms with van der Waals surface area (Å²) < 4.78 is 0. The number of aliphatic carboxylic acids is 1. The Morgan fingerprint density at radius 1 is 1.28 bits per heavy atom. The van der Waals surface area contributed by atoms with Crippen molar-refractivity contribution in [2.45, 2.75) is 33.1 Å². The average Bonchev–Trinajstić information content (AvgIpc) is 2.28. The molecule has 0 unspecified atom stereocenters. The van der Waals surface area contributed by atoms with Crippen molar-refractivity contribution in [3.63, 3.8) is 0 Å². The molecule has 0 bridgehead atoms. The third-order valence-electron chi connectivity index (χ3n) is 3.46. The van der Waals surface area contributed by atoms with Gasteiger partial charge in [-0.25, -0.2) is 0 Å². The van der Waals surface area contributed by atoms with Crippen molar-refractivity contribution in [2.75, 3.05) is 13.1 Å². The molecule has 0 aliphatic carbocycles. The molecule has 1 saturated heterocycles. The normalized spacial score (nSPS) is 17.6. The number of piperidine rings is 1. The number of carbonyl (C=O) groups excluding carboxylic acids is 2. The number of carboxylic acids is 1. The number of likely N-dealkylation sites (tertiary alicyclic amines) is 1. The number of rotatable bonds is 4. The van der Waals surface area contributed by atoms with Crippen LogP contribution in [-0.2, 0) is 14.4 Å². The molecule has 6 heteroatoms. The van der Waals surface area contributed by atoms with Gasteiger partial charge in [0.2, 0.25) is 11.8 Å². The van der Waals surface area contributed by atoms with E-state index in [-0.39, 0.29) is 17.7 Å². The van der Waals surface area contributed by atoms with Gasteiger partial charge in [-0.1, -0.05) is 0 Å². The van der Waals surface area contributed by atoms with Crippen LogP contribution in [0.25, 0.3) is 0 Å². The van der Waals surface area contributed by atoms with E-state index in [2.05, 4.69) is 0 Å². The lowest BCUT2D eigenvalue weighted by molar-refractivity contribution is -0.158. The molecule has 102 valence electrons. The van der Waals surface area contributed by atoms with Gasteiger partial charge in [0.25, 0.3) is 0 Å². The van der Waals surface area contributed by atoms with Gasteiger partial charge < -0.3 is 15.7 Å². The first-order valence-corrected chi connectivity index (χ1v) is 6.06. The highest BCUT2D eigenvalue weighted by atomic mass is 16.4. The van der Waals surface area contributed by atoms with Crippen molar-refractivity contribution in [1.29, 1.82) is 0 Å². The summed E-state index contributed by atoms with van der Waals surface area (Å²) in [6.07, 6.45) is 1.74.